The number of amides is 3. The Labute approximate surface area is 725 Å². The quantitative estimate of drug-likeness (QED) is 0.0536. The molecule has 2 aliphatic carbocycles. The number of hydrogen-bond donors (Lipinski definition) is 3. The van der Waals surface area contributed by atoms with E-state index in [0.29, 0.717) is 141 Å². The lowest BCUT2D eigenvalue weighted by Crippen LogP contribution is -2.67. The summed E-state index contributed by atoms with van der Waals surface area (Å²) in [6.07, 6.45) is 8.77. The summed E-state index contributed by atoms with van der Waals surface area (Å²) in [5.41, 5.74) is -1.82. The number of hydrogen-bond acceptors (Lipinski definition) is 21. The van der Waals surface area contributed by atoms with Gasteiger partial charge in [-0.25, -0.2) is 41.3 Å². The van der Waals surface area contributed by atoms with Crippen molar-refractivity contribution in [2.45, 2.75) is 147 Å². The van der Waals surface area contributed by atoms with Crippen molar-refractivity contribution < 1.29 is 56.0 Å². The van der Waals surface area contributed by atoms with Crippen LogP contribution in [0.1, 0.15) is 81.1 Å². The topological polar surface area (TPSA) is 228 Å². The number of phenols is 3. The lowest BCUT2D eigenvalue weighted by Gasteiger charge is -2.52. The number of likely N-dealkylation sites (N-methyl/N-ethyl adjacent to an activating group) is 3. The summed E-state index contributed by atoms with van der Waals surface area (Å²) >= 11 is 19.8. The zero-order valence-electron chi connectivity index (χ0n) is 70.6. The highest BCUT2D eigenvalue weighted by Gasteiger charge is 2.46. The molecule has 650 valence electrons. The minimum Gasteiger partial charge on any atom is -0.507 e. The van der Waals surface area contributed by atoms with E-state index in [0.717, 1.165) is 37.8 Å². The molecule has 33 heteroatoms. The van der Waals surface area contributed by atoms with Crippen LogP contribution in [-0.2, 0) is 14.4 Å². The van der Waals surface area contributed by atoms with E-state index >= 15 is 13.2 Å². The molecule has 3 N–H and O–H groups in total. The molecule has 0 bridgehead atoms. The SMILES string of the molecule is C=CC(=O)N1C[C@H](C)N(c2nc(N3CC(C)(N(C)C)C3)nc3c(F)c(-c4c(O)cccc4F)c(Cl)cc23)C[C@H]1C.C=CC(=O)N1C[C@H](C)N(c2nc(N3CC(N(C)C4CC4)C3)nc3c(F)c(-c4c(O)cccc4F)c(Cl)cc23)C[C@H]1C.C=CC(=O)N1C[C@H](C)N(c2nc(N3CC(N(CC)C4CC4)C3)nc3c(F)c(-c4c(O)cccc4F)c(Cl)cc23)C[C@H]1C. The van der Waals surface area contributed by atoms with E-state index in [9.17, 15) is 42.9 Å². The number of aromatic hydroxyl groups is 3. The van der Waals surface area contributed by atoms with Gasteiger partial charge in [0.1, 0.15) is 68.7 Å². The average molecular weight is 1750 g/mol. The number of carbonyl (C=O) groups excluding carboxylic acids is 3. The van der Waals surface area contributed by atoms with Crippen LogP contribution in [0.5, 0.6) is 17.2 Å². The molecular formula is C90H101Cl3F6N18O6. The van der Waals surface area contributed by atoms with E-state index in [4.69, 9.17) is 49.8 Å². The lowest BCUT2D eigenvalue weighted by atomic mass is 9.91. The molecular weight excluding hydrogens is 1650 g/mol. The van der Waals surface area contributed by atoms with Crippen LogP contribution < -0.4 is 29.4 Å². The third-order valence-electron chi connectivity index (χ3n) is 25.7. The first-order valence-electron chi connectivity index (χ1n) is 41.6. The standard InChI is InChI=1S/C31H35ClF2N6O2.C30H33ClF2N6O2.C29H33ClF2N6O2/c1-5-25(42)39-13-18(4)40(14-17(39)3)30-21-12-22(32)26(27-23(33)8-7-9-24(27)41)28(34)29(21)35-31(36-30)37-15-20(16-37)38(6-2)19-10-11-19;1-5-24(41)38-12-17(3)39(13-16(38)2)29-20-11-21(31)25(26-22(32)7-6-8-23(26)40)27(33)28(20)34-30(35-29)37-14-19(15-37)36(4)18-9-10-18;1-7-22(40)37-12-17(3)38(13-16(37)2)27-18-11-19(30)23(24-20(31)9-8-10-21(24)39)25(32)26(18)33-28(34-27)36-14-29(4,15-36)35(5)6/h5,7-9,12,17-20,41H,1,6,10-11,13-16H2,2-4H3;5-8,11,16-19,40H,1,9-10,12-15H2,2-4H3;7-11,16-17,39H,1,12-15H2,2-6H3/t17-,18+;2*16-,17+/m111/s1. The number of rotatable bonds is 18. The first-order chi connectivity index (χ1) is 58.6. The van der Waals surface area contributed by atoms with Crippen molar-refractivity contribution in [1.82, 2.24) is 59.3 Å². The largest absolute Gasteiger partial charge is 0.507 e. The van der Waals surface area contributed by atoms with Crippen LogP contribution in [0.4, 0.5) is 61.6 Å². The van der Waals surface area contributed by atoms with Crippen molar-refractivity contribution in [3.63, 3.8) is 0 Å². The Morgan fingerprint density at radius 3 is 1.03 bits per heavy atom. The number of benzene rings is 6. The number of carbonyl (C=O) groups is 3. The number of phenolic OH excluding ortho intramolecular Hbond substituents is 3. The third-order valence-corrected chi connectivity index (χ3v) is 26.6. The highest BCUT2D eigenvalue weighted by molar-refractivity contribution is 6.36. The van der Waals surface area contributed by atoms with Gasteiger partial charge in [-0.05, 0) is 175 Å². The number of halogens is 9. The minimum atomic E-state index is -0.843. The van der Waals surface area contributed by atoms with E-state index in [1.807, 2.05) is 75.2 Å². The van der Waals surface area contributed by atoms with Crippen molar-refractivity contribution in [3.8, 4) is 50.6 Å². The Morgan fingerprint density at radius 1 is 0.439 bits per heavy atom. The van der Waals surface area contributed by atoms with Crippen molar-refractivity contribution in [3.05, 3.63) is 161 Å². The molecule has 8 fully saturated rings. The van der Waals surface area contributed by atoms with Crippen LogP contribution in [0.15, 0.2) is 111 Å². The fourth-order valence-electron chi connectivity index (χ4n) is 18.0. The van der Waals surface area contributed by atoms with Crippen molar-refractivity contribution in [2.75, 3.05) is 136 Å². The van der Waals surface area contributed by atoms with Gasteiger partial charge < -0.3 is 64.3 Å². The molecule has 6 aromatic carbocycles. The van der Waals surface area contributed by atoms with Crippen molar-refractivity contribution in [1.29, 1.82) is 0 Å². The van der Waals surface area contributed by atoms with Gasteiger partial charge in [0.25, 0.3) is 0 Å². The smallest absolute Gasteiger partial charge is 0.246 e. The number of aromatic nitrogens is 6. The maximum atomic E-state index is 16.5. The van der Waals surface area contributed by atoms with Crippen LogP contribution in [-0.4, -0.2) is 265 Å². The van der Waals surface area contributed by atoms with Gasteiger partial charge in [0.2, 0.25) is 35.6 Å². The third kappa shape index (κ3) is 16.4. The first-order valence-corrected chi connectivity index (χ1v) is 42.7. The molecule has 0 unspecified atom stereocenters. The molecule has 6 atom stereocenters. The van der Waals surface area contributed by atoms with Gasteiger partial charge in [0.05, 0.1) is 37.3 Å². The molecule has 6 aliphatic heterocycles. The first kappa shape index (κ1) is 87.4. The molecule has 3 aromatic heterocycles. The van der Waals surface area contributed by atoms with Crippen molar-refractivity contribution in [2.24, 2.45) is 0 Å². The van der Waals surface area contributed by atoms with Gasteiger partial charge in [-0.1, -0.05) is 79.7 Å². The van der Waals surface area contributed by atoms with Crippen molar-refractivity contribution >= 4 is 121 Å². The molecule has 8 aliphatic rings. The van der Waals surface area contributed by atoms with Gasteiger partial charge in [0.15, 0.2) is 17.5 Å². The van der Waals surface area contributed by atoms with E-state index in [1.54, 1.807) is 26.8 Å². The number of anilines is 6. The lowest BCUT2D eigenvalue weighted by molar-refractivity contribution is -0.129. The maximum Gasteiger partial charge on any atom is 0.246 e. The van der Waals surface area contributed by atoms with Gasteiger partial charge in [0, 0.05) is 172 Å². The van der Waals surface area contributed by atoms with Gasteiger partial charge in [-0.3, -0.25) is 24.2 Å². The molecule has 6 saturated heterocycles. The average Bonchev–Trinajstić information content (AvgIpc) is 1.74. The minimum absolute atomic E-state index is 0.000468. The van der Waals surface area contributed by atoms with E-state index in [2.05, 4.69) is 80.1 Å². The predicted octanol–water partition coefficient (Wildman–Crippen LogP) is 14.7. The van der Waals surface area contributed by atoms with Crippen LogP contribution in [0.3, 0.4) is 0 Å². The van der Waals surface area contributed by atoms with E-state index in [1.165, 1.54) is 86.4 Å². The van der Waals surface area contributed by atoms with E-state index in [-0.39, 0.29) is 125 Å². The molecule has 0 radical (unpaired) electrons. The summed E-state index contributed by atoms with van der Waals surface area (Å²) < 4.78 is 93.9. The van der Waals surface area contributed by atoms with Gasteiger partial charge in [-0.2, -0.15) is 15.0 Å². The Hall–Kier alpha value is -10.5. The fraction of sp³-hybridized carbons (Fsp3) is 0.433. The Morgan fingerprint density at radius 2 is 0.748 bits per heavy atom. The molecule has 24 nitrogen and oxygen atoms in total. The Bertz CT molecular complexity index is 5640. The summed E-state index contributed by atoms with van der Waals surface area (Å²) in [6, 6.07) is 17.0. The second-order valence-corrected chi connectivity index (χ2v) is 35.5. The fourth-order valence-corrected chi connectivity index (χ4v) is 18.9. The predicted molar refractivity (Wildman–Crippen MR) is 472 cm³/mol. The summed E-state index contributed by atoms with van der Waals surface area (Å²) in [6.45, 7) is 34.7. The Kier molecular flexibility index (Phi) is 24.6. The van der Waals surface area contributed by atoms with Crippen LogP contribution >= 0.6 is 34.8 Å². The maximum absolute atomic E-state index is 16.5. The molecule has 0 spiro atoms. The summed E-state index contributed by atoms with van der Waals surface area (Å²) in [5, 5.41) is 32.2. The summed E-state index contributed by atoms with van der Waals surface area (Å²) in [4.78, 5) is 90.6. The number of nitrogens with zero attached hydrogens (tertiary/aromatic N) is 18. The van der Waals surface area contributed by atoms with E-state index < -0.39 is 52.2 Å². The molecule has 2 saturated carbocycles. The highest BCUT2D eigenvalue weighted by atomic mass is 35.5. The van der Waals surface area contributed by atoms with Gasteiger partial charge in [-0.15, -0.1) is 0 Å². The zero-order valence-corrected chi connectivity index (χ0v) is 72.9. The molecule has 9 heterocycles. The molecule has 123 heavy (non-hydrogen) atoms. The second kappa shape index (κ2) is 34.6. The highest BCUT2D eigenvalue weighted by Crippen LogP contribution is 2.49. The van der Waals surface area contributed by atoms with Crippen LogP contribution in [0.25, 0.3) is 66.1 Å². The zero-order chi connectivity index (χ0) is 88.1. The molecule has 17 rings (SSSR count). The second-order valence-electron chi connectivity index (χ2n) is 34.2. The number of fused-ring (bicyclic) bond motifs is 3. The summed E-state index contributed by atoms with van der Waals surface area (Å²) in [5.74, 6) is -4.00. The van der Waals surface area contributed by atoms with Gasteiger partial charge >= 0.3 is 0 Å². The van der Waals surface area contributed by atoms with Crippen LogP contribution in [0.2, 0.25) is 15.1 Å². The molecule has 9 aromatic rings. The monoisotopic (exact) mass is 1750 g/mol. The normalized spacial score (nSPS) is 21.1. The summed E-state index contributed by atoms with van der Waals surface area (Å²) in [7, 11) is 6.14. The number of piperazine rings is 3. The molecule has 3 amide bonds. The van der Waals surface area contributed by atoms with Crippen LogP contribution in [0, 0.1) is 34.9 Å². The Balaban J connectivity index is 0.000000143.